The third-order valence-electron chi connectivity index (χ3n) is 3.25. The quantitative estimate of drug-likeness (QED) is 0.787. The lowest BCUT2D eigenvalue weighted by atomic mass is 10.1. The van der Waals surface area contributed by atoms with E-state index in [2.05, 4.69) is 10.3 Å². The van der Waals surface area contributed by atoms with E-state index in [1.54, 1.807) is 30.3 Å². The molecule has 120 valence electrons. The molecule has 0 unspecified atom stereocenters. The van der Waals surface area contributed by atoms with Gasteiger partial charge in [-0.25, -0.2) is 9.38 Å². The van der Waals surface area contributed by atoms with Crippen molar-refractivity contribution in [2.75, 3.05) is 0 Å². The Balaban J connectivity index is 2.21. The summed E-state index contributed by atoms with van der Waals surface area (Å²) in [7, 11) is 0. The van der Waals surface area contributed by atoms with Crippen LogP contribution in [0.1, 0.15) is 17.3 Å². The predicted molar refractivity (Wildman–Crippen MR) is 86.0 cm³/mol. The number of carbonyl (C=O) groups is 2. The van der Waals surface area contributed by atoms with Crippen molar-refractivity contribution in [1.29, 1.82) is 0 Å². The zero-order chi connectivity index (χ0) is 17.1. The zero-order valence-electron chi connectivity index (χ0n) is 12.7. The summed E-state index contributed by atoms with van der Waals surface area (Å²) in [6.45, 7) is 1.24. The van der Waals surface area contributed by atoms with Crippen molar-refractivity contribution < 1.29 is 18.4 Å². The van der Waals surface area contributed by atoms with E-state index in [0.29, 0.717) is 16.7 Å². The minimum absolute atomic E-state index is 0.0408. The minimum Gasteiger partial charge on any atom is -0.438 e. The molecule has 3 aromatic rings. The van der Waals surface area contributed by atoms with E-state index in [-0.39, 0.29) is 16.9 Å². The second kappa shape index (κ2) is 6.45. The lowest BCUT2D eigenvalue weighted by Crippen LogP contribution is -2.32. The number of rotatable bonds is 2. The van der Waals surface area contributed by atoms with Gasteiger partial charge in [-0.2, -0.15) is 0 Å². The van der Waals surface area contributed by atoms with Gasteiger partial charge < -0.3 is 4.42 Å². The largest absolute Gasteiger partial charge is 0.438 e. The second-order valence-electron chi connectivity index (χ2n) is 5.10. The van der Waals surface area contributed by atoms with Gasteiger partial charge in [-0.3, -0.25) is 14.9 Å². The van der Waals surface area contributed by atoms with Crippen LogP contribution in [0.3, 0.4) is 0 Å². The van der Waals surface area contributed by atoms with Crippen LogP contribution in [0.25, 0.3) is 11.0 Å². The first kappa shape index (κ1) is 15.6. The summed E-state index contributed by atoms with van der Waals surface area (Å²) in [5.41, 5.74) is 1.12. The Labute approximate surface area is 136 Å². The van der Waals surface area contributed by atoms with Crippen molar-refractivity contribution in [2.45, 2.75) is 6.92 Å². The third-order valence-corrected chi connectivity index (χ3v) is 3.25. The molecule has 5 nitrogen and oxygen atoms in total. The highest BCUT2D eigenvalue weighted by atomic mass is 19.1. The van der Waals surface area contributed by atoms with E-state index >= 15 is 0 Å². The van der Waals surface area contributed by atoms with Gasteiger partial charge in [0.25, 0.3) is 5.91 Å². The van der Waals surface area contributed by atoms with Crippen LogP contribution >= 0.6 is 0 Å². The molecular weight excluding hydrogens is 311 g/mol. The zero-order valence-corrected chi connectivity index (χ0v) is 12.7. The van der Waals surface area contributed by atoms with E-state index in [1.807, 2.05) is 0 Å². The van der Waals surface area contributed by atoms with Crippen LogP contribution in [-0.2, 0) is 4.79 Å². The van der Waals surface area contributed by atoms with Gasteiger partial charge in [0.15, 0.2) is 0 Å². The van der Waals surface area contributed by atoms with E-state index in [1.165, 1.54) is 31.2 Å². The first-order chi connectivity index (χ1) is 11.5. The molecule has 0 fully saturated rings. The van der Waals surface area contributed by atoms with Crippen LogP contribution in [0.2, 0.25) is 0 Å². The lowest BCUT2D eigenvalue weighted by Gasteiger charge is -2.04. The highest BCUT2D eigenvalue weighted by Gasteiger charge is 2.13. The van der Waals surface area contributed by atoms with Crippen LogP contribution in [-0.4, -0.2) is 11.8 Å². The Morgan fingerprint density at radius 1 is 1.08 bits per heavy atom. The summed E-state index contributed by atoms with van der Waals surface area (Å²) >= 11 is 0. The standard InChI is InChI=1S/C18H13FN2O3/c1-11(22)20-17(23)15-10-12-4-2-3-5-16(12)24-18(15)21-14-8-6-13(19)7-9-14/h2-10H,1H3,(H,20,22,23). The first-order valence-corrected chi connectivity index (χ1v) is 7.18. The van der Waals surface area contributed by atoms with E-state index in [9.17, 15) is 14.0 Å². The molecule has 0 aliphatic heterocycles. The first-order valence-electron chi connectivity index (χ1n) is 7.18. The van der Waals surface area contributed by atoms with Crippen molar-refractivity contribution >= 4 is 28.5 Å². The summed E-state index contributed by atoms with van der Waals surface area (Å²) in [4.78, 5) is 27.7. The normalized spacial score (nSPS) is 11.5. The molecule has 0 atom stereocenters. The van der Waals surface area contributed by atoms with Crippen LogP contribution in [0.5, 0.6) is 0 Å². The van der Waals surface area contributed by atoms with Crippen LogP contribution in [0.4, 0.5) is 10.1 Å². The summed E-state index contributed by atoms with van der Waals surface area (Å²) in [6, 6.07) is 14.2. The van der Waals surface area contributed by atoms with Gasteiger partial charge in [-0.05, 0) is 36.4 Å². The number of carbonyl (C=O) groups excluding carboxylic acids is 2. The summed E-state index contributed by atoms with van der Waals surface area (Å²) in [5, 5.41) is 2.90. The van der Waals surface area contributed by atoms with Crippen molar-refractivity contribution in [3.63, 3.8) is 0 Å². The Bertz CT molecular complexity index is 991. The topological polar surface area (TPSA) is 71.7 Å². The lowest BCUT2D eigenvalue weighted by molar-refractivity contribution is -0.118. The van der Waals surface area contributed by atoms with Gasteiger partial charge in [0.1, 0.15) is 17.0 Å². The summed E-state index contributed by atoms with van der Waals surface area (Å²) in [5.74, 6) is -1.49. The van der Waals surface area contributed by atoms with Gasteiger partial charge in [0, 0.05) is 12.3 Å². The average molecular weight is 324 g/mol. The SMILES string of the molecule is CC(=O)NC(=O)c1cc2ccccc2oc1=Nc1ccc(F)cc1. The Hall–Kier alpha value is -3.28. The monoisotopic (exact) mass is 324 g/mol. The maximum Gasteiger partial charge on any atom is 0.263 e. The fraction of sp³-hybridized carbons (Fsp3) is 0.0556. The number of nitrogens with one attached hydrogen (secondary N) is 1. The molecule has 2 amide bonds. The van der Waals surface area contributed by atoms with Crippen LogP contribution in [0, 0.1) is 5.82 Å². The fourth-order valence-electron chi connectivity index (χ4n) is 2.17. The highest BCUT2D eigenvalue weighted by Crippen LogP contribution is 2.15. The molecule has 1 heterocycles. The Kier molecular flexibility index (Phi) is 4.20. The smallest absolute Gasteiger partial charge is 0.263 e. The van der Waals surface area contributed by atoms with Crippen molar-refractivity contribution in [1.82, 2.24) is 5.32 Å². The average Bonchev–Trinajstić information content (AvgIpc) is 2.55. The van der Waals surface area contributed by atoms with Crippen molar-refractivity contribution in [3.05, 3.63) is 71.5 Å². The Morgan fingerprint density at radius 2 is 1.79 bits per heavy atom. The maximum atomic E-state index is 13.0. The molecule has 0 saturated carbocycles. The molecule has 1 N–H and O–H groups in total. The molecule has 0 spiro atoms. The highest BCUT2D eigenvalue weighted by molar-refractivity contribution is 6.05. The molecule has 6 heteroatoms. The molecule has 0 aliphatic carbocycles. The number of hydrogen-bond donors (Lipinski definition) is 1. The molecule has 3 rings (SSSR count). The predicted octanol–water partition coefficient (Wildman–Crippen LogP) is 3.08. The molecule has 2 aromatic carbocycles. The number of fused-ring (bicyclic) bond motifs is 1. The van der Waals surface area contributed by atoms with Gasteiger partial charge in [-0.1, -0.05) is 18.2 Å². The number of nitrogens with zero attached hydrogens (tertiary/aromatic N) is 1. The number of para-hydroxylation sites is 1. The molecule has 0 saturated heterocycles. The fourth-order valence-corrected chi connectivity index (χ4v) is 2.17. The van der Waals surface area contributed by atoms with Crippen LogP contribution in [0.15, 0.2) is 64.0 Å². The van der Waals surface area contributed by atoms with E-state index in [4.69, 9.17) is 4.42 Å². The van der Waals surface area contributed by atoms with Crippen molar-refractivity contribution in [2.24, 2.45) is 4.99 Å². The van der Waals surface area contributed by atoms with E-state index < -0.39 is 11.8 Å². The second-order valence-corrected chi connectivity index (χ2v) is 5.10. The minimum atomic E-state index is -0.613. The maximum absolute atomic E-state index is 13.0. The Morgan fingerprint density at radius 3 is 2.50 bits per heavy atom. The molecule has 24 heavy (non-hydrogen) atoms. The number of hydrogen-bond acceptors (Lipinski definition) is 4. The molecule has 0 aliphatic rings. The number of benzene rings is 2. The van der Waals surface area contributed by atoms with Gasteiger partial charge in [0.2, 0.25) is 11.5 Å². The summed E-state index contributed by atoms with van der Waals surface area (Å²) < 4.78 is 18.7. The summed E-state index contributed by atoms with van der Waals surface area (Å²) in [6.07, 6.45) is 0. The molecule has 0 bridgehead atoms. The number of amides is 2. The van der Waals surface area contributed by atoms with Crippen molar-refractivity contribution in [3.8, 4) is 0 Å². The van der Waals surface area contributed by atoms with Gasteiger partial charge in [-0.15, -0.1) is 0 Å². The van der Waals surface area contributed by atoms with Gasteiger partial charge >= 0.3 is 0 Å². The molecule has 1 aromatic heterocycles. The van der Waals surface area contributed by atoms with E-state index in [0.717, 1.165) is 0 Å². The third kappa shape index (κ3) is 3.38. The molecular formula is C18H13FN2O3. The number of imide groups is 1. The van der Waals surface area contributed by atoms with Crippen LogP contribution < -0.4 is 10.9 Å². The molecule has 0 radical (unpaired) electrons. The van der Waals surface area contributed by atoms with Gasteiger partial charge in [0.05, 0.1) is 5.69 Å². The number of halogens is 1.